The van der Waals surface area contributed by atoms with Crippen molar-refractivity contribution in [2.45, 2.75) is 85.1 Å². The molecule has 1 heterocycles. The van der Waals surface area contributed by atoms with Crippen molar-refractivity contribution in [3.8, 4) is 6.07 Å². The molecule has 0 aliphatic carbocycles. The van der Waals surface area contributed by atoms with E-state index in [2.05, 4.69) is 5.32 Å². The van der Waals surface area contributed by atoms with Crippen LogP contribution in [-0.4, -0.2) is 71.3 Å². The maximum absolute atomic E-state index is 14.2. The van der Waals surface area contributed by atoms with Crippen molar-refractivity contribution in [3.05, 3.63) is 46.0 Å². The Balaban J connectivity index is 2.62. The molecule has 41 heavy (non-hydrogen) atoms. The molecule has 1 aliphatic heterocycles. The molecule has 1 atom stereocenters. The Morgan fingerprint density at radius 1 is 1.17 bits per heavy atom. The summed E-state index contributed by atoms with van der Waals surface area (Å²) in [7, 11) is 0. The number of nitrogens with zero attached hydrogens (tertiary/aromatic N) is 3. The van der Waals surface area contributed by atoms with Crippen molar-refractivity contribution >= 4 is 29.6 Å². The summed E-state index contributed by atoms with van der Waals surface area (Å²) in [5, 5.41) is 13.3. The van der Waals surface area contributed by atoms with Gasteiger partial charge in [-0.1, -0.05) is 11.6 Å². The highest BCUT2D eigenvalue weighted by atomic mass is 35.5. The van der Waals surface area contributed by atoms with Crippen LogP contribution < -0.4 is 5.32 Å². The van der Waals surface area contributed by atoms with Crippen LogP contribution in [0.3, 0.4) is 0 Å². The minimum Gasteiger partial charge on any atom is -0.465 e. The molecule has 12 heteroatoms. The third-order valence-electron chi connectivity index (χ3n) is 5.67. The average molecular weight is 595 g/mol. The fourth-order valence-electron chi connectivity index (χ4n) is 4.23. The van der Waals surface area contributed by atoms with Gasteiger partial charge in [-0.3, -0.25) is 4.79 Å². The predicted octanol–water partition coefficient (Wildman–Crippen LogP) is 4.91. The van der Waals surface area contributed by atoms with E-state index in [-0.39, 0.29) is 42.7 Å². The number of carbonyl (C=O) groups is 3. The Hall–Kier alpha value is -3.52. The van der Waals surface area contributed by atoms with Gasteiger partial charge in [-0.05, 0) is 85.1 Å². The first-order valence-electron chi connectivity index (χ1n) is 13.5. The molecule has 1 aliphatic rings. The number of piperidine rings is 1. The number of likely N-dealkylation sites (tertiary alicyclic amines) is 1. The normalized spacial score (nSPS) is 16.2. The quantitative estimate of drug-likeness (QED) is 0.184. The first kappa shape index (κ1) is 33.7. The van der Waals surface area contributed by atoms with Crippen molar-refractivity contribution in [3.63, 3.8) is 0 Å². The molecule has 1 aromatic rings. The molecule has 0 aromatic heterocycles. The van der Waals surface area contributed by atoms with Crippen LogP contribution in [0.15, 0.2) is 29.6 Å². The van der Waals surface area contributed by atoms with Crippen LogP contribution in [0, 0.1) is 17.1 Å². The number of hydrogen-bond acceptors (Lipinski definition) is 9. The van der Waals surface area contributed by atoms with E-state index in [1.54, 1.807) is 53.4 Å². The van der Waals surface area contributed by atoms with E-state index in [0.29, 0.717) is 24.9 Å². The molecular formula is C29H40ClFN4O6. The predicted molar refractivity (Wildman–Crippen MR) is 151 cm³/mol. The zero-order chi connectivity index (χ0) is 31.0. The highest BCUT2D eigenvalue weighted by Crippen LogP contribution is 2.28. The number of ether oxygens (including phenoxy) is 3. The third kappa shape index (κ3) is 11.1. The fourth-order valence-corrected chi connectivity index (χ4v) is 4.41. The SMILES string of the molecule is CCOC(=O)CN(Cc1cc(F)ccc1Cl)/C(=C(\C#N)C(=O)OC(C)(C)C)N1CCC[C@@H](NC(=O)OC(C)(C)C)C1. The molecule has 1 fully saturated rings. The molecule has 1 amide bonds. The number of nitriles is 1. The molecule has 0 radical (unpaired) electrons. The maximum Gasteiger partial charge on any atom is 0.407 e. The smallest absolute Gasteiger partial charge is 0.407 e. The Morgan fingerprint density at radius 2 is 1.83 bits per heavy atom. The second-order valence-corrected chi connectivity index (χ2v) is 12.0. The van der Waals surface area contributed by atoms with E-state index in [1.807, 2.05) is 6.07 Å². The largest absolute Gasteiger partial charge is 0.465 e. The topological polar surface area (TPSA) is 121 Å². The van der Waals surface area contributed by atoms with E-state index in [9.17, 15) is 24.0 Å². The number of benzene rings is 1. The van der Waals surface area contributed by atoms with Crippen molar-refractivity contribution in [1.29, 1.82) is 5.26 Å². The number of halogens is 2. The Morgan fingerprint density at radius 3 is 2.41 bits per heavy atom. The molecule has 1 saturated heterocycles. The van der Waals surface area contributed by atoms with Crippen LogP contribution in [0.1, 0.15) is 66.9 Å². The standard InChI is InChI=1S/C29H40ClFN4O6/c1-8-39-24(36)18-35(16-19-14-20(31)11-12-23(19)30)25(22(15-32)26(37)40-28(2,3)4)34-13-9-10-21(17-34)33-27(38)41-29(5,6)7/h11-12,14,21H,8-10,13,16-18H2,1-7H3,(H,33,38)/b25-22+/t21-/m1/s1. The molecule has 0 spiro atoms. The average Bonchev–Trinajstić information content (AvgIpc) is 2.82. The van der Waals surface area contributed by atoms with Crippen LogP contribution in [0.2, 0.25) is 5.02 Å². The van der Waals surface area contributed by atoms with E-state index >= 15 is 0 Å². The molecule has 0 saturated carbocycles. The van der Waals surface area contributed by atoms with Crippen LogP contribution in [-0.2, 0) is 30.3 Å². The summed E-state index contributed by atoms with van der Waals surface area (Å²) >= 11 is 6.37. The van der Waals surface area contributed by atoms with Gasteiger partial charge in [0.1, 0.15) is 35.5 Å². The molecule has 0 unspecified atom stereocenters. The number of alkyl carbamates (subject to hydrolysis) is 1. The zero-order valence-corrected chi connectivity index (χ0v) is 25.6. The minimum atomic E-state index is -0.912. The highest BCUT2D eigenvalue weighted by molar-refractivity contribution is 6.31. The summed E-state index contributed by atoms with van der Waals surface area (Å²) in [6, 6.07) is 5.38. The van der Waals surface area contributed by atoms with Crippen LogP contribution in [0.5, 0.6) is 0 Å². The molecule has 226 valence electrons. The minimum absolute atomic E-state index is 0.0887. The van der Waals surface area contributed by atoms with Crippen molar-refractivity contribution in [2.75, 3.05) is 26.2 Å². The number of amides is 1. The van der Waals surface area contributed by atoms with Crippen molar-refractivity contribution in [1.82, 2.24) is 15.1 Å². The zero-order valence-electron chi connectivity index (χ0n) is 24.8. The molecular weight excluding hydrogens is 555 g/mol. The first-order chi connectivity index (χ1) is 19.0. The number of nitrogens with one attached hydrogen (secondary N) is 1. The van der Waals surface area contributed by atoms with Crippen LogP contribution >= 0.6 is 11.6 Å². The summed E-state index contributed by atoms with van der Waals surface area (Å²) in [6.45, 7) is 12.1. The summed E-state index contributed by atoms with van der Waals surface area (Å²) < 4.78 is 30.3. The van der Waals surface area contributed by atoms with Crippen molar-refractivity contribution < 1.29 is 33.0 Å². The van der Waals surface area contributed by atoms with Gasteiger partial charge in [0.05, 0.1) is 6.61 Å². The lowest BCUT2D eigenvalue weighted by molar-refractivity contribution is -0.150. The van der Waals surface area contributed by atoms with Gasteiger partial charge in [-0.25, -0.2) is 14.0 Å². The Bertz CT molecular complexity index is 1190. The van der Waals surface area contributed by atoms with Gasteiger partial charge in [0.25, 0.3) is 0 Å². The monoisotopic (exact) mass is 594 g/mol. The molecule has 10 nitrogen and oxygen atoms in total. The Labute approximate surface area is 246 Å². The van der Waals surface area contributed by atoms with Gasteiger partial charge in [0.2, 0.25) is 0 Å². The Kier molecular flexibility index (Phi) is 11.8. The number of carbonyl (C=O) groups excluding carboxylic acids is 3. The molecule has 2 rings (SSSR count). The summed E-state index contributed by atoms with van der Waals surface area (Å²) in [6.07, 6.45) is 0.605. The lowest BCUT2D eigenvalue weighted by Gasteiger charge is -2.41. The van der Waals surface area contributed by atoms with Gasteiger partial charge in [-0.15, -0.1) is 0 Å². The van der Waals surface area contributed by atoms with Gasteiger partial charge in [-0.2, -0.15) is 5.26 Å². The lowest BCUT2D eigenvalue weighted by Crippen LogP contribution is -2.51. The van der Waals surface area contributed by atoms with E-state index in [0.717, 1.165) is 0 Å². The van der Waals surface area contributed by atoms with Gasteiger partial charge < -0.3 is 29.3 Å². The van der Waals surface area contributed by atoms with E-state index in [1.165, 1.54) is 23.1 Å². The highest BCUT2D eigenvalue weighted by Gasteiger charge is 2.34. The van der Waals surface area contributed by atoms with E-state index in [4.69, 9.17) is 25.8 Å². The summed E-state index contributed by atoms with van der Waals surface area (Å²) in [5.41, 5.74) is -1.63. The number of esters is 2. The summed E-state index contributed by atoms with van der Waals surface area (Å²) in [4.78, 5) is 41.8. The van der Waals surface area contributed by atoms with Crippen LogP contribution in [0.4, 0.5) is 9.18 Å². The second-order valence-electron chi connectivity index (χ2n) is 11.6. The third-order valence-corrected chi connectivity index (χ3v) is 6.04. The van der Waals surface area contributed by atoms with Gasteiger partial charge in [0, 0.05) is 30.7 Å². The van der Waals surface area contributed by atoms with Crippen molar-refractivity contribution in [2.24, 2.45) is 0 Å². The van der Waals surface area contributed by atoms with E-state index < -0.39 is 41.1 Å². The number of hydrogen-bond donors (Lipinski definition) is 1. The fraction of sp³-hybridized carbons (Fsp3) is 0.586. The number of rotatable bonds is 9. The molecule has 0 bridgehead atoms. The van der Waals surface area contributed by atoms with Gasteiger partial charge in [0.15, 0.2) is 5.57 Å². The second kappa shape index (κ2) is 14.4. The first-order valence-corrected chi connectivity index (χ1v) is 13.9. The molecule has 1 N–H and O–H groups in total. The van der Waals surface area contributed by atoms with Gasteiger partial charge >= 0.3 is 18.0 Å². The maximum atomic E-state index is 14.2. The summed E-state index contributed by atoms with van der Waals surface area (Å²) in [5.74, 6) is -1.97. The lowest BCUT2D eigenvalue weighted by atomic mass is 10.0. The molecule has 1 aromatic carbocycles. The van der Waals surface area contributed by atoms with Crippen LogP contribution in [0.25, 0.3) is 0 Å².